The molecule has 1 aromatic carbocycles. The van der Waals surface area contributed by atoms with Gasteiger partial charge in [0.2, 0.25) is 0 Å². The Labute approximate surface area is 131 Å². The first-order chi connectivity index (χ1) is 8.70. The number of rotatable bonds is 5. The van der Waals surface area contributed by atoms with Crippen molar-refractivity contribution in [1.82, 2.24) is 5.32 Å². The van der Waals surface area contributed by atoms with E-state index in [4.69, 9.17) is 11.6 Å². The second-order valence-corrected chi connectivity index (χ2v) is 6.83. The van der Waals surface area contributed by atoms with Crippen molar-refractivity contribution in [2.45, 2.75) is 19.9 Å². The molecule has 96 valence electrons. The van der Waals surface area contributed by atoms with E-state index in [0.29, 0.717) is 0 Å². The molecule has 0 spiro atoms. The van der Waals surface area contributed by atoms with Crippen LogP contribution in [0.1, 0.15) is 18.2 Å². The lowest BCUT2D eigenvalue weighted by molar-refractivity contribution is 0.681. The second-order valence-electron chi connectivity index (χ2n) is 4.07. The lowest BCUT2D eigenvalue weighted by atomic mass is 10.2. The molecule has 0 saturated heterocycles. The van der Waals surface area contributed by atoms with Gasteiger partial charge in [-0.05, 0) is 59.8 Å². The van der Waals surface area contributed by atoms with Gasteiger partial charge in [0.15, 0.2) is 0 Å². The molecule has 0 atom stereocenters. The van der Waals surface area contributed by atoms with Gasteiger partial charge in [0.1, 0.15) is 0 Å². The largest absolute Gasteiger partial charge is 0.312 e. The van der Waals surface area contributed by atoms with Crippen LogP contribution in [0.15, 0.2) is 30.3 Å². The van der Waals surface area contributed by atoms with Crippen molar-refractivity contribution in [1.29, 1.82) is 0 Å². The van der Waals surface area contributed by atoms with Crippen molar-refractivity contribution >= 4 is 45.5 Å². The molecule has 0 radical (unpaired) electrons. The first kappa shape index (κ1) is 14.3. The van der Waals surface area contributed by atoms with Crippen LogP contribution in [0.25, 0.3) is 10.4 Å². The maximum absolute atomic E-state index is 5.98. The van der Waals surface area contributed by atoms with E-state index in [1.54, 1.807) is 0 Å². The molecule has 0 bridgehead atoms. The van der Waals surface area contributed by atoms with E-state index < -0.39 is 0 Å². The molecule has 1 aromatic heterocycles. The number of benzene rings is 1. The zero-order valence-corrected chi connectivity index (χ0v) is 13.9. The van der Waals surface area contributed by atoms with Gasteiger partial charge in [-0.15, -0.1) is 11.3 Å². The zero-order valence-electron chi connectivity index (χ0n) is 10.2. The van der Waals surface area contributed by atoms with Crippen molar-refractivity contribution in [3.05, 3.63) is 43.8 Å². The fraction of sp³-hybridized carbons (Fsp3) is 0.286. The minimum atomic E-state index is 0.796. The van der Waals surface area contributed by atoms with Gasteiger partial charge >= 0.3 is 0 Å². The van der Waals surface area contributed by atoms with Crippen molar-refractivity contribution in [3.8, 4) is 10.4 Å². The van der Waals surface area contributed by atoms with Gasteiger partial charge in [0.05, 0.1) is 0 Å². The Hall–Kier alpha value is -0.100. The normalized spacial score (nSPS) is 10.8. The summed E-state index contributed by atoms with van der Waals surface area (Å²) in [6.45, 7) is 4.22. The highest BCUT2D eigenvalue weighted by atomic mass is 127. The van der Waals surface area contributed by atoms with Gasteiger partial charge in [-0.25, -0.2) is 0 Å². The standard InChI is InChI=1S/C14H15ClINS/c1-2-7-17-9-11-4-6-14(18-11)12-5-3-10(15)8-13(12)16/h3-6,8,17H,2,7,9H2,1H3. The molecule has 1 N–H and O–H groups in total. The molecule has 0 unspecified atom stereocenters. The molecule has 0 aliphatic heterocycles. The van der Waals surface area contributed by atoms with Gasteiger partial charge in [-0.2, -0.15) is 0 Å². The Morgan fingerprint density at radius 3 is 2.83 bits per heavy atom. The van der Waals surface area contributed by atoms with Crippen LogP contribution in [0.5, 0.6) is 0 Å². The highest BCUT2D eigenvalue weighted by Crippen LogP contribution is 2.32. The molecule has 0 amide bonds. The monoisotopic (exact) mass is 391 g/mol. The quantitative estimate of drug-likeness (QED) is 0.547. The van der Waals surface area contributed by atoms with Gasteiger partial charge < -0.3 is 5.32 Å². The Morgan fingerprint density at radius 1 is 1.28 bits per heavy atom. The molecule has 0 aliphatic carbocycles. The Bertz CT molecular complexity index is 524. The molecule has 0 aliphatic rings. The maximum atomic E-state index is 5.98. The van der Waals surface area contributed by atoms with Crippen LogP contribution in [0.4, 0.5) is 0 Å². The topological polar surface area (TPSA) is 12.0 Å². The average Bonchev–Trinajstić information content (AvgIpc) is 2.78. The van der Waals surface area contributed by atoms with E-state index in [1.165, 1.54) is 25.3 Å². The zero-order chi connectivity index (χ0) is 13.0. The highest BCUT2D eigenvalue weighted by Gasteiger charge is 2.06. The van der Waals surface area contributed by atoms with E-state index >= 15 is 0 Å². The third-order valence-corrected chi connectivity index (χ3v) is 4.83. The van der Waals surface area contributed by atoms with Gasteiger partial charge in [-0.3, -0.25) is 0 Å². The molecule has 4 heteroatoms. The number of hydrogen-bond donors (Lipinski definition) is 1. The lowest BCUT2D eigenvalue weighted by Crippen LogP contribution is -2.12. The molecule has 1 nitrogen and oxygen atoms in total. The van der Waals surface area contributed by atoms with E-state index in [1.807, 2.05) is 23.5 Å². The van der Waals surface area contributed by atoms with Crippen LogP contribution in [0.3, 0.4) is 0 Å². The van der Waals surface area contributed by atoms with Crippen LogP contribution in [0.2, 0.25) is 5.02 Å². The molecule has 0 saturated carbocycles. The summed E-state index contributed by atoms with van der Waals surface area (Å²) >= 11 is 10.2. The first-order valence-corrected chi connectivity index (χ1v) is 8.23. The third kappa shape index (κ3) is 3.70. The minimum Gasteiger partial charge on any atom is -0.312 e. The smallest absolute Gasteiger partial charge is 0.0416 e. The maximum Gasteiger partial charge on any atom is 0.0416 e. The van der Waals surface area contributed by atoms with Crippen LogP contribution < -0.4 is 5.32 Å². The van der Waals surface area contributed by atoms with Crippen LogP contribution in [-0.2, 0) is 6.54 Å². The van der Waals surface area contributed by atoms with Gasteiger partial charge in [-0.1, -0.05) is 24.6 Å². The number of halogens is 2. The van der Waals surface area contributed by atoms with Crippen molar-refractivity contribution < 1.29 is 0 Å². The molecule has 18 heavy (non-hydrogen) atoms. The molecular formula is C14H15ClINS. The molecule has 0 fully saturated rings. The summed E-state index contributed by atoms with van der Waals surface area (Å²) in [7, 11) is 0. The van der Waals surface area contributed by atoms with Crippen molar-refractivity contribution in [3.63, 3.8) is 0 Å². The third-order valence-electron chi connectivity index (χ3n) is 2.58. The molecule has 1 heterocycles. The predicted molar refractivity (Wildman–Crippen MR) is 89.5 cm³/mol. The van der Waals surface area contributed by atoms with Gasteiger partial charge in [0, 0.05) is 30.5 Å². The van der Waals surface area contributed by atoms with Crippen molar-refractivity contribution in [2.24, 2.45) is 0 Å². The number of thiophene rings is 1. The van der Waals surface area contributed by atoms with E-state index in [2.05, 4.69) is 53.0 Å². The predicted octanol–water partition coefficient (Wildman–Crippen LogP) is 5.17. The van der Waals surface area contributed by atoms with E-state index in [-0.39, 0.29) is 0 Å². The number of hydrogen-bond acceptors (Lipinski definition) is 2. The van der Waals surface area contributed by atoms with Crippen LogP contribution in [-0.4, -0.2) is 6.54 Å². The fourth-order valence-electron chi connectivity index (χ4n) is 1.70. The second kappa shape index (κ2) is 6.89. The van der Waals surface area contributed by atoms with E-state index in [0.717, 1.165) is 18.1 Å². The van der Waals surface area contributed by atoms with Crippen LogP contribution in [0, 0.1) is 3.57 Å². The lowest BCUT2D eigenvalue weighted by Gasteiger charge is -2.02. The summed E-state index contributed by atoms with van der Waals surface area (Å²) in [4.78, 5) is 2.69. The van der Waals surface area contributed by atoms with E-state index in [9.17, 15) is 0 Å². The molecule has 2 rings (SSSR count). The average molecular weight is 392 g/mol. The SMILES string of the molecule is CCCNCc1ccc(-c2ccc(Cl)cc2I)s1. The minimum absolute atomic E-state index is 0.796. The summed E-state index contributed by atoms with van der Waals surface area (Å²) in [5.74, 6) is 0. The summed E-state index contributed by atoms with van der Waals surface area (Å²) in [5.41, 5.74) is 1.27. The highest BCUT2D eigenvalue weighted by molar-refractivity contribution is 14.1. The Balaban J connectivity index is 2.13. The molecular weight excluding hydrogens is 377 g/mol. The summed E-state index contributed by atoms with van der Waals surface area (Å²) in [6, 6.07) is 10.4. The van der Waals surface area contributed by atoms with Crippen LogP contribution >= 0.6 is 45.5 Å². The van der Waals surface area contributed by atoms with Crippen molar-refractivity contribution in [2.75, 3.05) is 6.54 Å². The molecule has 2 aromatic rings. The summed E-state index contributed by atoms with van der Waals surface area (Å²) in [5, 5.41) is 4.22. The Morgan fingerprint density at radius 2 is 2.11 bits per heavy atom. The summed E-state index contributed by atoms with van der Waals surface area (Å²) in [6.07, 6.45) is 1.17. The summed E-state index contributed by atoms with van der Waals surface area (Å²) < 4.78 is 1.20. The van der Waals surface area contributed by atoms with Gasteiger partial charge in [0.25, 0.3) is 0 Å². The number of nitrogens with one attached hydrogen (secondary N) is 1. The first-order valence-electron chi connectivity index (χ1n) is 5.95. The fourth-order valence-corrected chi connectivity index (χ4v) is 4.06. The Kier molecular flexibility index (Phi) is 5.48.